The Morgan fingerprint density at radius 2 is 1.90 bits per heavy atom. The molecule has 1 aliphatic heterocycles. The zero-order valence-corrected chi connectivity index (χ0v) is 14.8. The van der Waals surface area contributed by atoms with Crippen molar-refractivity contribution in [1.82, 2.24) is 9.80 Å². The lowest BCUT2D eigenvalue weighted by Gasteiger charge is -2.35. The van der Waals surface area contributed by atoms with Crippen LogP contribution in [0.3, 0.4) is 0 Å². The molecular formula is C16H26BrN3O. The van der Waals surface area contributed by atoms with E-state index in [0.29, 0.717) is 12.5 Å². The summed E-state index contributed by atoms with van der Waals surface area (Å²) in [7, 11) is 4.10. The topological polar surface area (TPSA) is 27.4 Å². The molecule has 2 rings (SSSR count). The number of rotatable bonds is 4. The molecular weight excluding hydrogens is 330 g/mol. The van der Waals surface area contributed by atoms with Crippen LogP contribution in [0.5, 0.6) is 0 Å². The van der Waals surface area contributed by atoms with E-state index >= 15 is 0 Å². The number of piperidine rings is 1. The standard InChI is InChI=1S/C16H26N3O.BrH/c1-14-4-11-19(12-5-14)13-8-16(20)18(3)15-6-9-17(2)10-7-15;/h4-5,11-12,15H,6-10,13H2,1-3H3;1H/q+1;/p-1. The van der Waals surface area contributed by atoms with Gasteiger partial charge >= 0.3 is 0 Å². The lowest BCUT2D eigenvalue weighted by Crippen LogP contribution is -3.00. The van der Waals surface area contributed by atoms with E-state index in [-0.39, 0.29) is 22.9 Å². The van der Waals surface area contributed by atoms with Crippen LogP contribution in [-0.4, -0.2) is 48.9 Å². The predicted molar refractivity (Wildman–Crippen MR) is 79.3 cm³/mol. The summed E-state index contributed by atoms with van der Waals surface area (Å²) in [6.45, 7) is 5.02. The normalized spacial score (nSPS) is 16.3. The van der Waals surface area contributed by atoms with Crippen molar-refractivity contribution in [2.24, 2.45) is 0 Å². The van der Waals surface area contributed by atoms with Gasteiger partial charge in [0.1, 0.15) is 0 Å². The maximum absolute atomic E-state index is 12.3. The molecule has 1 saturated heterocycles. The van der Waals surface area contributed by atoms with Gasteiger partial charge in [0.25, 0.3) is 0 Å². The van der Waals surface area contributed by atoms with Gasteiger partial charge in [-0.3, -0.25) is 4.79 Å². The molecule has 4 nitrogen and oxygen atoms in total. The summed E-state index contributed by atoms with van der Waals surface area (Å²) in [5, 5.41) is 0. The zero-order valence-electron chi connectivity index (χ0n) is 13.3. The van der Waals surface area contributed by atoms with Crippen molar-refractivity contribution < 1.29 is 26.3 Å². The fourth-order valence-electron chi connectivity index (χ4n) is 2.67. The quantitative estimate of drug-likeness (QED) is 0.598. The van der Waals surface area contributed by atoms with Crippen LogP contribution in [0, 0.1) is 6.92 Å². The smallest absolute Gasteiger partial charge is 0.228 e. The first kappa shape index (κ1) is 18.1. The molecule has 1 amide bonds. The van der Waals surface area contributed by atoms with E-state index in [2.05, 4.69) is 35.6 Å². The average molecular weight is 356 g/mol. The van der Waals surface area contributed by atoms with Gasteiger partial charge in [0.2, 0.25) is 5.91 Å². The van der Waals surface area contributed by atoms with Gasteiger partial charge in [-0.05, 0) is 45.5 Å². The summed E-state index contributed by atoms with van der Waals surface area (Å²) < 4.78 is 2.08. The summed E-state index contributed by atoms with van der Waals surface area (Å²) in [6, 6.07) is 4.57. The van der Waals surface area contributed by atoms with Crippen LogP contribution < -0.4 is 21.5 Å². The summed E-state index contributed by atoms with van der Waals surface area (Å²) in [5.41, 5.74) is 1.25. The maximum atomic E-state index is 12.3. The number of carbonyl (C=O) groups excluding carboxylic acids is 1. The van der Waals surface area contributed by atoms with Crippen LogP contribution in [0.2, 0.25) is 0 Å². The Labute approximate surface area is 138 Å². The first-order chi connectivity index (χ1) is 9.56. The summed E-state index contributed by atoms with van der Waals surface area (Å²) in [5.74, 6) is 0.257. The third kappa shape index (κ3) is 5.40. The highest BCUT2D eigenvalue weighted by molar-refractivity contribution is 5.76. The molecule has 0 unspecified atom stereocenters. The minimum atomic E-state index is 0. The number of likely N-dealkylation sites (tertiary alicyclic amines) is 1. The number of pyridine rings is 1. The molecule has 2 heterocycles. The van der Waals surface area contributed by atoms with Crippen LogP contribution in [0.25, 0.3) is 0 Å². The molecule has 118 valence electrons. The fourth-order valence-corrected chi connectivity index (χ4v) is 2.67. The Balaban J connectivity index is 0.00000220. The molecule has 0 spiro atoms. The Hall–Kier alpha value is -0.940. The third-order valence-electron chi connectivity index (χ3n) is 4.27. The number of nitrogens with zero attached hydrogens (tertiary/aromatic N) is 3. The number of carbonyl (C=O) groups is 1. The largest absolute Gasteiger partial charge is 1.00 e. The Bertz CT molecular complexity index is 441. The molecule has 21 heavy (non-hydrogen) atoms. The second-order valence-corrected chi connectivity index (χ2v) is 5.90. The third-order valence-corrected chi connectivity index (χ3v) is 4.27. The molecule has 0 aliphatic carbocycles. The lowest BCUT2D eigenvalue weighted by atomic mass is 10.0. The van der Waals surface area contributed by atoms with Gasteiger partial charge in [0.15, 0.2) is 18.9 Å². The Kier molecular flexibility index (Phi) is 7.32. The highest BCUT2D eigenvalue weighted by Crippen LogP contribution is 2.14. The number of halogens is 1. The Morgan fingerprint density at radius 1 is 1.33 bits per heavy atom. The van der Waals surface area contributed by atoms with E-state index in [1.807, 2.05) is 24.3 Å². The summed E-state index contributed by atoms with van der Waals surface area (Å²) in [4.78, 5) is 16.6. The van der Waals surface area contributed by atoms with E-state index in [4.69, 9.17) is 0 Å². The molecule has 0 radical (unpaired) electrons. The minimum Gasteiger partial charge on any atom is -1.00 e. The molecule has 0 N–H and O–H groups in total. The van der Waals surface area contributed by atoms with Gasteiger partial charge in [0.05, 0.1) is 6.42 Å². The number of aryl methyl sites for hydroxylation is 2. The molecule has 0 saturated carbocycles. The van der Waals surface area contributed by atoms with E-state index in [9.17, 15) is 4.79 Å². The van der Waals surface area contributed by atoms with Crippen LogP contribution in [0.15, 0.2) is 24.5 Å². The highest BCUT2D eigenvalue weighted by atomic mass is 79.9. The van der Waals surface area contributed by atoms with Gasteiger partial charge in [-0.15, -0.1) is 0 Å². The van der Waals surface area contributed by atoms with E-state index in [1.165, 1.54) is 5.56 Å². The monoisotopic (exact) mass is 355 g/mol. The van der Waals surface area contributed by atoms with Crippen molar-refractivity contribution in [2.75, 3.05) is 27.2 Å². The van der Waals surface area contributed by atoms with E-state index in [0.717, 1.165) is 32.5 Å². The molecule has 1 aliphatic rings. The van der Waals surface area contributed by atoms with Crippen LogP contribution >= 0.6 is 0 Å². The maximum Gasteiger partial charge on any atom is 0.228 e. The van der Waals surface area contributed by atoms with Crippen LogP contribution in [0.1, 0.15) is 24.8 Å². The first-order valence-corrected chi connectivity index (χ1v) is 7.46. The second kappa shape index (κ2) is 8.49. The van der Waals surface area contributed by atoms with Gasteiger partial charge in [-0.2, -0.15) is 0 Å². The molecule has 0 bridgehead atoms. The van der Waals surface area contributed by atoms with Crippen molar-refractivity contribution in [3.8, 4) is 0 Å². The van der Waals surface area contributed by atoms with Crippen molar-refractivity contribution in [3.05, 3.63) is 30.1 Å². The molecule has 0 aromatic carbocycles. The van der Waals surface area contributed by atoms with Crippen molar-refractivity contribution >= 4 is 5.91 Å². The van der Waals surface area contributed by atoms with E-state index in [1.54, 1.807) is 0 Å². The number of aromatic nitrogens is 1. The van der Waals surface area contributed by atoms with Gasteiger partial charge in [0, 0.05) is 25.2 Å². The minimum absolute atomic E-state index is 0. The van der Waals surface area contributed by atoms with Gasteiger partial charge < -0.3 is 26.8 Å². The molecule has 0 atom stereocenters. The number of hydrogen-bond donors (Lipinski definition) is 0. The zero-order chi connectivity index (χ0) is 14.5. The summed E-state index contributed by atoms with van der Waals surface area (Å²) >= 11 is 0. The second-order valence-electron chi connectivity index (χ2n) is 5.90. The lowest BCUT2D eigenvalue weighted by molar-refractivity contribution is -0.696. The van der Waals surface area contributed by atoms with Crippen molar-refractivity contribution in [2.45, 2.75) is 38.8 Å². The fraction of sp³-hybridized carbons (Fsp3) is 0.625. The van der Waals surface area contributed by atoms with Crippen LogP contribution in [-0.2, 0) is 11.3 Å². The summed E-state index contributed by atoms with van der Waals surface area (Å²) in [6.07, 6.45) is 6.85. The first-order valence-electron chi connectivity index (χ1n) is 7.46. The molecule has 5 heteroatoms. The van der Waals surface area contributed by atoms with Gasteiger partial charge in [-0.1, -0.05) is 0 Å². The SMILES string of the molecule is Cc1cc[n+](CCC(=O)N(C)C2CCN(C)CC2)cc1.[Br-]. The molecule has 1 aromatic rings. The van der Waals surface area contributed by atoms with Gasteiger partial charge in [-0.25, -0.2) is 4.57 Å². The number of amides is 1. The average Bonchev–Trinajstić information content (AvgIpc) is 2.46. The van der Waals surface area contributed by atoms with Crippen molar-refractivity contribution in [3.63, 3.8) is 0 Å². The van der Waals surface area contributed by atoms with Crippen LogP contribution in [0.4, 0.5) is 0 Å². The van der Waals surface area contributed by atoms with Crippen molar-refractivity contribution in [1.29, 1.82) is 0 Å². The predicted octanol–water partition coefficient (Wildman–Crippen LogP) is -1.77. The number of hydrogen-bond acceptors (Lipinski definition) is 2. The Morgan fingerprint density at radius 3 is 2.48 bits per heavy atom. The van der Waals surface area contributed by atoms with E-state index < -0.39 is 0 Å². The molecule has 1 aromatic heterocycles. The molecule has 1 fully saturated rings. The highest BCUT2D eigenvalue weighted by Gasteiger charge is 2.24.